The summed E-state index contributed by atoms with van der Waals surface area (Å²) in [7, 11) is 0.961. The number of ether oxygens (including phenoxy) is 1. The number of aliphatic hydroxyl groups is 2. The van der Waals surface area contributed by atoms with Crippen molar-refractivity contribution in [2.45, 2.75) is 12.2 Å². The van der Waals surface area contributed by atoms with Crippen LogP contribution in [0.5, 0.6) is 0 Å². The lowest BCUT2D eigenvalue weighted by Gasteiger charge is -2.17. The van der Waals surface area contributed by atoms with Gasteiger partial charge in [0.1, 0.15) is 11.9 Å². The van der Waals surface area contributed by atoms with Crippen LogP contribution in [0.4, 0.5) is 8.78 Å². The Kier molecular flexibility index (Phi) is 4.39. The largest absolute Gasteiger partial charge is 0.467 e. The van der Waals surface area contributed by atoms with Gasteiger partial charge in [-0.25, -0.2) is 13.6 Å². The van der Waals surface area contributed by atoms with Gasteiger partial charge >= 0.3 is 5.97 Å². The summed E-state index contributed by atoms with van der Waals surface area (Å²) < 4.78 is 30.9. The fraction of sp³-hybridized carbons (Fsp3) is 0.300. The van der Waals surface area contributed by atoms with Gasteiger partial charge in [-0.2, -0.15) is 0 Å². The molecular formula is C10H9ClF2O4. The van der Waals surface area contributed by atoms with Gasteiger partial charge in [0, 0.05) is 0 Å². The summed E-state index contributed by atoms with van der Waals surface area (Å²) >= 11 is 5.40. The normalized spacial score (nSPS) is 14.2. The van der Waals surface area contributed by atoms with E-state index < -0.39 is 40.4 Å². The van der Waals surface area contributed by atoms with Gasteiger partial charge < -0.3 is 14.9 Å². The molecule has 4 nitrogen and oxygen atoms in total. The number of hydrogen-bond acceptors (Lipinski definition) is 4. The molecule has 0 aromatic heterocycles. The molecule has 2 atom stereocenters. The average molecular weight is 267 g/mol. The summed E-state index contributed by atoms with van der Waals surface area (Å²) in [5.41, 5.74) is -0.879. The van der Waals surface area contributed by atoms with Gasteiger partial charge in [-0.1, -0.05) is 11.6 Å². The molecule has 0 aliphatic heterocycles. The van der Waals surface area contributed by atoms with E-state index in [0.29, 0.717) is 0 Å². The number of aliphatic hydroxyl groups excluding tert-OH is 2. The first-order valence-electron chi connectivity index (χ1n) is 4.47. The van der Waals surface area contributed by atoms with Crippen molar-refractivity contribution in [3.63, 3.8) is 0 Å². The molecule has 0 amide bonds. The highest BCUT2D eigenvalue weighted by atomic mass is 35.5. The summed E-state index contributed by atoms with van der Waals surface area (Å²) in [6.07, 6.45) is -4.19. The van der Waals surface area contributed by atoms with Gasteiger partial charge in [0.15, 0.2) is 11.9 Å². The first kappa shape index (κ1) is 13.8. The fourth-order valence-corrected chi connectivity index (χ4v) is 1.39. The molecule has 0 heterocycles. The minimum atomic E-state index is -2.10. The van der Waals surface area contributed by atoms with Gasteiger partial charge in [-0.3, -0.25) is 0 Å². The van der Waals surface area contributed by atoms with Crippen molar-refractivity contribution in [1.82, 2.24) is 0 Å². The zero-order valence-electron chi connectivity index (χ0n) is 8.65. The SMILES string of the molecule is COC(=O)C(O)C(O)c1c(F)ccc(Cl)c1F. The smallest absolute Gasteiger partial charge is 0.337 e. The predicted octanol–water partition coefficient (Wildman–Crippen LogP) is 1.19. The van der Waals surface area contributed by atoms with E-state index in [-0.39, 0.29) is 0 Å². The average Bonchev–Trinajstić information content (AvgIpc) is 2.32. The molecule has 7 heteroatoms. The summed E-state index contributed by atoms with van der Waals surface area (Å²) in [4.78, 5) is 10.9. The number of carbonyl (C=O) groups excluding carboxylic acids is 1. The Balaban J connectivity index is 3.16. The number of carbonyl (C=O) groups is 1. The maximum absolute atomic E-state index is 13.4. The lowest BCUT2D eigenvalue weighted by Crippen LogP contribution is -2.30. The quantitative estimate of drug-likeness (QED) is 0.637. The molecule has 0 aliphatic rings. The van der Waals surface area contributed by atoms with Crippen molar-refractivity contribution in [2.24, 2.45) is 0 Å². The Morgan fingerprint density at radius 2 is 2.00 bits per heavy atom. The maximum Gasteiger partial charge on any atom is 0.337 e. The number of esters is 1. The Morgan fingerprint density at radius 1 is 1.41 bits per heavy atom. The van der Waals surface area contributed by atoms with Crippen LogP contribution in [0.25, 0.3) is 0 Å². The second-order valence-electron chi connectivity index (χ2n) is 3.17. The monoisotopic (exact) mass is 266 g/mol. The highest BCUT2D eigenvalue weighted by molar-refractivity contribution is 6.30. The second-order valence-corrected chi connectivity index (χ2v) is 3.58. The molecule has 1 aromatic rings. The fourth-order valence-electron chi connectivity index (χ4n) is 1.22. The van der Waals surface area contributed by atoms with Crippen LogP contribution in [0, 0.1) is 11.6 Å². The first-order chi connectivity index (χ1) is 7.90. The second kappa shape index (κ2) is 5.39. The van der Waals surface area contributed by atoms with Crippen molar-refractivity contribution >= 4 is 17.6 Å². The van der Waals surface area contributed by atoms with E-state index in [1.54, 1.807) is 0 Å². The molecule has 0 bridgehead atoms. The van der Waals surface area contributed by atoms with Gasteiger partial charge in [0.05, 0.1) is 17.7 Å². The molecule has 1 aromatic carbocycles. The zero-order chi connectivity index (χ0) is 13.2. The van der Waals surface area contributed by atoms with E-state index in [9.17, 15) is 23.8 Å². The molecule has 0 saturated heterocycles. The molecule has 17 heavy (non-hydrogen) atoms. The van der Waals surface area contributed by atoms with E-state index in [0.717, 1.165) is 19.2 Å². The van der Waals surface area contributed by atoms with Crippen LogP contribution in [0.3, 0.4) is 0 Å². The zero-order valence-corrected chi connectivity index (χ0v) is 9.41. The van der Waals surface area contributed by atoms with E-state index in [2.05, 4.69) is 4.74 Å². The highest BCUT2D eigenvalue weighted by Crippen LogP contribution is 2.28. The van der Waals surface area contributed by atoms with Crippen LogP contribution in [0.2, 0.25) is 5.02 Å². The van der Waals surface area contributed by atoms with Gasteiger partial charge in [-0.15, -0.1) is 0 Å². The highest BCUT2D eigenvalue weighted by Gasteiger charge is 2.31. The summed E-state index contributed by atoms with van der Waals surface area (Å²) in [6.45, 7) is 0. The molecule has 2 N–H and O–H groups in total. The van der Waals surface area contributed by atoms with E-state index in [4.69, 9.17) is 11.6 Å². The molecule has 0 saturated carbocycles. The van der Waals surface area contributed by atoms with Gasteiger partial charge in [-0.05, 0) is 12.1 Å². The summed E-state index contributed by atoms with van der Waals surface area (Å²) in [5, 5.41) is 18.3. The topological polar surface area (TPSA) is 66.8 Å². The predicted molar refractivity (Wildman–Crippen MR) is 54.4 cm³/mol. The standard InChI is InChI=1S/C10H9ClF2O4/c1-17-10(16)9(15)8(14)6-5(12)3-2-4(11)7(6)13/h2-3,8-9,14-15H,1H3. The third-order valence-electron chi connectivity index (χ3n) is 2.12. The van der Waals surface area contributed by atoms with Crippen LogP contribution in [-0.4, -0.2) is 29.4 Å². The molecular weight excluding hydrogens is 258 g/mol. The number of benzene rings is 1. The van der Waals surface area contributed by atoms with Crippen molar-refractivity contribution in [3.8, 4) is 0 Å². The molecule has 94 valence electrons. The lowest BCUT2D eigenvalue weighted by molar-refractivity contribution is -0.157. The Bertz CT molecular complexity index is 439. The van der Waals surface area contributed by atoms with Crippen LogP contribution in [-0.2, 0) is 9.53 Å². The third kappa shape index (κ3) is 2.71. The van der Waals surface area contributed by atoms with Crippen molar-refractivity contribution in [1.29, 1.82) is 0 Å². The summed E-state index contributed by atoms with van der Waals surface area (Å²) in [6, 6.07) is 1.76. The number of halogens is 3. The maximum atomic E-state index is 13.4. The number of hydrogen-bond donors (Lipinski definition) is 2. The van der Waals surface area contributed by atoms with Crippen molar-refractivity contribution < 1.29 is 28.5 Å². The van der Waals surface area contributed by atoms with Crippen molar-refractivity contribution in [3.05, 3.63) is 34.4 Å². The Labute approximate surface area is 100 Å². The molecule has 1 rings (SSSR count). The van der Waals surface area contributed by atoms with E-state index in [1.807, 2.05) is 0 Å². The van der Waals surface area contributed by atoms with Crippen LogP contribution in [0.1, 0.15) is 11.7 Å². The van der Waals surface area contributed by atoms with Crippen LogP contribution in [0.15, 0.2) is 12.1 Å². The Morgan fingerprint density at radius 3 is 2.53 bits per heavy atom. The number of rotatable bonds is 3. The Hall–Kier alpha value is -1.24. The minimum Gasteiger partial charge on any atom is -0.467 e. The van der Waals surface area contributed by atoms with Crippen LogP contribution < -0.4 is 0 Å². The minimum absolute atomic E-state index is 0.433. The van der Waals surface area contributed by atoms with E-state index in [1.165, 1.54) is 0 Å². The van der Waals surface area contributed by atoms with Gasteiger partial charge in [0.25, 0.3) is 0 Å². The molecule has 0 radical (unpaired) electrons. The molecule has 0 fully saturated rings. The molecule has 0 aliphatic carbocycles. The number of methoxy groups -OCH3 is 1. The third-order valence-corrected chi connectivity index (χ3v) is 2.41. The first-order valence-corrected chi connectivity index (χ1v) is 4.85. The molecule has 2 unspecified atom stereocenters. The molecule has 0 spiro atoms. The lowest BCUT2D eigenvalue weighted by atomic mass is 10.0. The summed E-state index contributed by atoms with van der Waals surface area (Å²) in [5.74, 6) is -3.57. The van der Waals surface area contributed by atoms with Gasteiger partial charge in [0.2, 0.25) is 0 Å². The van der Waals surface area contributed by atoms with E-state index >= 15 is 0 Å². The van der Waals surface area contributed by atoms with Crippen molar-refractivity contribution in [2.75, 3.05) is 7.11 Å². The van der Waals surface area contributed by atoms with Crippen LogP contribution >= 0.6 is 11.6 Å².